The second-order valence-electron chi connectivity index (χ2n) is 7.87. The van der Waals surface area contributed by atoms with Gasteiger partial charge in [0.05, 0.1) is 5.69 Å². The summed E-state index contributed by atoms with van der Waals surface area (Å²) < 4.78 is 6.08. The van der Waals surface area contributed by atoms with Gasteiger partial charge in [0.2, 0.25) is 5.91 Å². The lowest BCUT2D eigenvalue weighted by Gasteiger charge is -2.13. The molecular formula is C25H26N4O2. The molecule has 6 nitrogen and oxygen atoms in total. The number of aryl methyl sites for hydroxylation is 2. The molecule has 0 bridgehead atoms. The molecule has 0 unspecified atom stereocenters. The maximum Gasteiger partial charge on any atom is 0.248 e. The molecule has 0 aliphatic carbocycles. The Morgan fingerprint density at radius 3 is 2.74 bits per heavy atom. The van der Waals surface area contributed by atoms with Crippen LogP contribution in [-0.4, -0.2) is 15.9 Å². The van der Waals surface area contributed by atoms with Gasteiger partial charge in [0.15, 0.2) is 0 Å². The fourth-order valence-electron chi connectivity index (χ4n) is 3.65. The number of hydrogen-bond acceptors (Lipinski definition) is 5. The van der Waals surface area contributed by atoms with Crippen LogP contribution in [0.5, 0.6) is 5.75 Å². The highest BCUT2D eigenvalue weighted by atomic mass is 16.5. The van der Waals surface area contributed by atoms with Crippen LogP contribution in [0.25, 0.3) is 0 Å². The van der Waals surface area contributed by atoms with Gasteiger partial charge < -0.3 is 15.4 Å². The van der Waals surface area contributed by atoms with E-state index < -0.39 is 0 Å². The van der Waals surface area contributed by atoms with Crippen molar-refractivity contribution in [1.82, 2.24) is 9.97 Å². The first-order valence-corrected chi connectivity index (χ1v) is 10.4. The summed E-state index contributed by atoms with van der Waals surface area (Å²) in [6.45, 7) is 8.31. The Labute approximate surface area is 182 Å². The number of benzene rings is 1. The van der Waals surface area contributed by atoms with E-state index in [-0.39, 0.29) is 5.91 Å². The second kappa shape index (κ2) is 9.00. The fourth-order valence-corrected chi connectivity index (χ4v) is 3.65. The smallest absolute Gasteiger partial charge is 0.248 e. The number of anilines is 3. The number of carbonyl (C=O) groups is 1. The first kappa shape index (κ1) is 20.6. The van der Waals surface area contributed by atoms with Gasteiger partial charge in [-0.05, 0) is 65.8 Å². The zero-order chi connectivity index (χ0) is 21.8. The van der Waals surface area contributed by atoms with Crippen molar-refractivity contribution >= 4 is 23.2 Å². The van der Waals surface area contributed by atoms with Crippen LogP contribution in [0, 0.1) is 0 Å². The Bertz CT molecular complexity index is 1110. The number of hydrogen-bond donors (Lipinski definition) is 2. The minimum Gasteiger partial charge on any atom is -0.487 e. The highest BCUT2D eigenvalue weighted by Gasteiger charge is 2.19. The highest BCUT2D eigenvalue weighted by molar-refractivity contribution is 5.98. The van der Waals surface area contributed by atoms with Gasteiger partial charge in [0.25, 0.3) is 0 Å². The molecule has 3 heterocycles. The van der Waals surface area contributed by atoms with E-state index in [1.807, 2.05) is 18.3 Å². The Hall–Kier alpha value is -3.67. The third-order valence-electron chi connectivity index (χ3n) is 5.35. The summed E-state index contributed by atoms with van der Waals surface area (Å²) in [5.41, 5.74) is 5.60. The number of nitrogens with one attached hydrogen (secondary N) is 2. The SMILES string of the molecule is C=CC(=O)Nc1ccc(CCc2ccc3c(c2)Nc2nccc(C(C)C)c2CO3)cn1. The molecule has 158 valence electrons. The monoisotopic (exact) mass is 414 g/mol. The van der Waals surface area contributed by atoms with Gasteiger partial charge >= 0.3 is 0 Å². The van der Waals surface area contributed by atoms with Crippen LogP contribution < -0.4 is 15.4 Å². The number of aromatic nitrogens is 2. The van der Waals surface area contributed by atoms with Gasteiger partial charge in [-0.3, -0.25) is 4.79 Å². The van der Waals surface area contributed by atoms with Crippen LogP contribution in [-0.2, 0) is 24.2 Å². The fraction of sp³-hybridized carbons (Fsp3) is 0.240. The van der Waals surface area contributed by atoms with Gasteiger partial charge in [-0.15, -0.1) is 0 Å². The van der Waals surface area contributed by atoms with Crippen molar-refractivity contribution in [2.45, 2.75) is 39.2 Å². The molecule has 0 spiro atoms. The number of carbonyl (C=O) groups excluding carboxylic acids is 1. The number of fused-ring (bicyclic) bond motifs is 2. The zero-order valence-electron chi connectivity index (χ0n) is 17.8. The largest absolute Gasteiger partial charge is 0.487 e. The topological polar surface area (TPSA) is 76.1 Å². The first-order chi connectivity index (χ1) is 15.0. The van der Waals surface area contributed by atoms with E-state index in [0.29, 0.717) is 18.3 Å². The van der Waals surface area contributed by atoms with Crippen LogP contribution in [0.3, 0.4) is 0 Å². The van der Waals surface area contributed by atoms with Crippen LogP contribution >= 0.6 is 0 Å². The lowest BCUT2D eigenvalue weighted by atomic mass is 9.99. The number of pyridine rings is 2. The molecule has 0 radical (unpaired) electrons. The zero-order valence-corrected chi connectivity index (χ0v) is 17.8. The average Bonchev–Trinajstić information content (AvgIpc) is 2.97. The summed E-state index contributed by atoms with van der Waals surface area (Å²) in [7, 11) is 0. The lowest BCUT2D eigenvalue weighted by molar-refractivity contribution is -0.111. The molecule has 4 rings (SSSR count). The molecule has 0 saturated carbocycles. The number of rotatable bonds is 6. The van der Waals surface area contributed by atoms with Crippen LogP contribution in [0.2, 0.25) is 0 Å². The van der Waals surface area contributed by atoms with E-state index in [9.17, 15) is 4.79 Å². The molecule has 0 atom stereocenters. The van der Waals surface area contributed by atoms with E-state index >= 15 is 0 Å². The molecule has 0 fully saturated rings. The number of nitrogens with zero attached hydrogens (tertiary/aromatic N) is 2. The second-order valence-corrected chi connectivity index (χ2v) is 7.87. The molecule has 1 amide bonds. The normalized spacial score (nSPS) is 12.1. The van der Waals surface area contributed by atoms with Gasteiger partial charge in [-0.1, -0.05) is 32.6 Å². The lowest BCUT2D eigenvalue weighted by Crippen LogP contribution is -2.08. The standard InChI is InChI=1S/C25H26N4O2/c1-4-24(30)29-23-10-8-18(14-27-23)6-5-17-7-9-22-21(13-17)28-25-20(15-31-22)19(16(2)3)11-12-26-25/h4,7-14,16H,1,5-6,15H2,2-3H3,(H,26,28)(H,27,29,30). The van der Waals surface area contributed by atoms with Gasteiger partial charge in [-0.2, -0.15) is 0 Å². The van der Waals surface area contributed by atoms with Crippen molar-refractivity contribution in [1.29, 1.82) is 0 Å². The van der Waals surface area contributed by atoms with E-state index in [1.165, 1.54) is 17.2 Å². The molecule has 3 aromatic rings. The minimum atomic E-state index is -0.267. The summed E-state index contributed by atoms with van der Waals surface area (Å²) in [6, 6.07) is 12.1. The summed E-state index contributed by atoms with van der Waals surface area (Å²) in [5, 5.41) is 6.13. The average molecular weight is 415 g/mol. The van der Waals surface area contributed by atoms with Crippen molar-refractivity contribution in [2.75, 3.05) is 10.6 Å². The molecule has 1 aliphatic heterocycles. The van der Waals surface area contributed by atoms with E-state index in [0.717, 1.165) is 41.2 Å². The highest BCUT2D eigenvalue weighted by Crippen LogP contribution is 2.36. The van der Waals surface area contributed by atoms with Crippen molar-refractivity contribution in [2.24, 2.45) is 0 Å². The summed E-state index contributed by atoms with van der Waals surface area (Å²) in [6.07, 6.45) is 6.57. The maximum absolute atomic E-state index is 11.4. The summed E-state index contributed by atoms with van der Waals surface area (Å²) >= 11 is 0. The Balaban J connectivity index is 1.46. The Morgan fingerprint density at radius 2 is 2.00 bits per heavy atom. The Kier molecular flexibility index (Phi) is 5.98. The van der Waals surface area contributed by atoms with Crippen molar-refractivity contribution < 1.29 is 9.53 Å². The molecule has 31 heavy (non-hydrogen) atoms. The van der Waals surface area contributed by atoms with E-state index in [2.05, 4.69) is 59.2 Å². The van der Waals surface area contributed by atoms with E-state index in [1.54, 1.807) is 12.3 Å². The Morgan fingerprint density at radius 1 is 1.19 bits per heavy atom. The maximum atomic E-state index is 11.4. The third-order valence-corrected chi connectivity index (χ3v) is 5.35. The minimum absolute atomic E-state index is 0.267. The molecular weight excluding hydrogens is 388 g/mol. The van der Waals surface area contributed by atoms with Crippen LogP contribution in [0.1, 0.15) is 42.0 Å². The quantitative estimate of drug-likeness (QED) is 0.546. The predicted molar refractivity (Wildman–Crippen MR) is 123 cm³/mol. The van der Waals surface area contributed by atoms with Crippen LogP contribution in [0.4, 0.5) is 17.3 Å². The first-order valence-electron chi connectivity index (χ1n) is 10.4. The molecule has 2 aromatic heterocycles. The van der Waals surface area contributed by atoms with Crippen molar-refractivity contribution in [3.8, 4) is 5.75 Å². The number of amides is 1. The summed E-state index contributed by atoms with van der Waals surface area (Å²) in [5.74, 6) is 2.36. The summed E-state index contributed by atoms with van der Waals surface area (Å²) in [4.78, 5) is 20.2. The third kappa shape index (κ3) is 4.74. The molecule has 1 aliphatic rings. The number of ether oxygens (including phenoxy) is 1. The van der Waals surface area contributed by atoms with Crippen molar-refractivity contribution in [3.63, 3.8) is 0 Å². The molecule has 0 saturated heterocycles. The van der Waals surface area contributed by atoms with Gasteiger partial charge in [-0.25, -0.2) is 9.97 Å². The van der Waals surface area contributed by atoms with Gasteiger partial charge in [0.1, 0.15) is 24.0 Å². The van der Waals surface area contributed by atoms with E-state index in [4.69, 9.17) is 4.74 Å². The molecule has 2 N–H and O–H groups in total. The predicted octanol–water partition coefficient (Wildman–Crippen LogP) is 5.15. The molecule has 6 heteroatoms. The van der Waals surface area contributed by atoms with Crippen molar-refractivity contribution in [3.05, 3.63) is 83.7 Å². The van der Waals surface area contributed by atoms with Gasteiger partial charge in [0, 0.05) is 18.0 Å². The van der Waals surface area contributed by atoms with Crippen LogP contribution in [0.15, 0.2) is 61.4 Å². The molecule has 1 aromatic carbocycles.